The van der Waals surface area contributed by atoms with Gasteiger partial charge in [-0.25, -0.2) is 0 Å². The second-order valence-electron chi connectivity index (χ2n) is 5.46. The summed E-state index contributed by atoms with van der Waals surface area (Å²) in [6.07, 6.45) is 1.12. The number of hydrogen-bond acceptors (Lipinski definition) is 3. The smallest absolute Gasteiger partial charge is 0.119 e. The van der Waals surface area contributed by atoms with Crippen molar-refractivity contribution in [3.05, 3.63) is 59.2 Å². The van der Waals surface area contributed by atoms with E-state index in [1.54, 1.807) is 7.11 Å². The third-order valence-corrected chi connectivity index (χ3v) is 5.56. The molecule has 1 aliphatic rings. The predicted octanol–water partition coefficient (Wildman–Crippen LogP) is 3.98. The molecular formula is C18H21NOS. The van der Waals surface area contributed by atoms with Crippen molar-refractivity contribution in [2.75, 3.05) is 14.2 Å². The van der Waals surface area contributed by atoms with Crippen LogP contribution in [0.25, 0.3) is 0 Å². The van der Waals surface area contributed by atoms with Crippen molar-refractivity contribution in [2.24, 2.45) is 0 Å². The van der Waals surface area contributed by atoms with E-state index in [1.165, 1.54) is 21.6 Å². The van der Waals surface area contributed by atoms with E-state index in [-0.39, 0.29) is 0 Å². The first-order chi connectivity index (χ1) is 10.2. The van der Waals surface area contributed by atoms with Gasteiger partial charge in [-0.2, -0.15) is 0 Å². The van der Waals surface area contributed by atoms with Gasteiger partial charge in [-0.15, -0.1) is 11.8 Å². The quantitative estimate of drug-likeness (QED) is 0.922. The van der Waals surface area contributed by atoms with Crippen molar-refractivity contribution in [2.45, 2.75) is 29.5 Å². The molecule has 0 aromatic heterocycles. The molecule has 0 fully saturated rings. The topological polar surface area (TPSA) is 21.3 Å². The van der Waals surface area contributed by atoms with Gasteiger partial charge in [0.05, 0.1) is 7.11 Å². The van der Waals surface area contributed by atoms with Gasteiger partial charge >= 0.3 is 0 Å². The highest BCUT2D eigenvalue weighted by atomic mass is 32.2. The van der Waals surface area contributed by atoms with Crippen molar-refractivity contribution in [1.82, 2.24) is 5.32 Å². The van der Waals surface area contributed by atoms with Crippen molar-refractivity contribution in [3.63, 3.8) is 0 Å². The predicted molar refractivity (Wildman–Crippen MR) is 89.3 cm³/mol. The van der Waals surface area contributed by atoms with E-state index < -0.39 is 0 Å². The molecule has 1 N–H and O–H groups in total. The maximum absolute atomic E-state index is 5.31. The SMILES string of the molecule is CNC(c1ccc(OC)cc1C)C1Cc2ccccc2S1. The lowest BCUT2D eigenvalue weighted by Gasteiger charge is -2.24. The number of nitrogens with one attached hydrogen (secondary N) is 1. The highest BCUT2D eigenvalue weighted by Gasteiger charge is 2.30. The van der Waals surface area contributed by atoms with E-state index in [9.17, 15) is 0 Å². The summed E-state index contributed by atoms with van der Waals surface area (Å²) in [5.41, 5.74) is 4.12. The fourth-order valence-corrected chi connectivity index (χ4v) is 4.53. The fraction of sp³-hybridized carbons (Fsp3) is 0.333. The molecule has 0 saturated heterocycles. The standard InChI is InChI=1S/C18H21NOS/c1-12-10-14(20-3)8-9-15(12)18(19-2)17-11-13-6-4-5-7-16(13)21-17/h4-10,17-19H,11H2,1-3H3. The van der Waals surface area contributed by atoms with E-state index in [1.807, 2.05) is 11.8 Å². The van der Waals surface area contributed by atoms with Crippen LogP contribution in [-0.2, 0) is 6.42 Å². The normalized spacial score (nSPS) is 18.3. The van der Waals surface area contributed by atoms with Gasteiger partial charge in [0, 0.05) is 16.2 Å². The van der Waals surface area contributed by atoms with Gasteiger partial charge in [-0.1, -0.05) is 24.3 Å². The zero-order chi connectivity index (χ0) is 14.8. The maximum Gasteiger partial charge on any atom is 0.119 e. The zero-order valence-electron chi connectivity index (χ0n) is 12.7. The van der Waals surface area contributed by atoms with Gasteiger partial charge in [0.25, 0.3) is 0 Å². The second-order valence-corrected chi connectivity index (χ2v) is 6.74. The fourth-order valence-electron chi connectivity index (χ4n) is 3.06. The van der Waals surface area contributed by atoms with Crippen LogP contribution in [0.2, 0.25) is 0 Å². The number of methoxy groups -OCH3 is 1. The van der Waals surface area contributed by atoms with Crippen LogP contribution in [-0.4, -0.2) is 19.4 Å². The van der Waals surface area contributed by atoms with E-state index in [2.05, 4.69) is 61.8 Å². The molecule has 0 amide bonds. The lowest BCUT2D eigenvalue weighted by molar-refractivity contribution is 0.414. The Labute approximate surface area is 130 Å². The minimum Gasteiger partial charge on any atom is -0.497 e. The first-order valence-electron chi connectivity index (χ1n) is 7.29. The van der Waals surface area contributed by atoms with Gasteiger partial charge in [0.15, 0.2) is 0 Å². The first kappa shape index (κ1) is 14.5. The summed E-state index contributed by atoms with van der Waals surface area (Å²) in [5.74, 6) is 0.925. The zero-order valence-corrected chi connectivity index (χ0v) is 13.5. The van der Waals surface area contributed by atoms with Crippen LogP contribution >= 0.6 is 11.8 Å². The van der Waals surface area contributed by atoms with Crippen molar-refractivity contribution >= 4 is 11.8 Å². The average Bonchev–Trinajstić information content (AvgIpc) is 2.93. The first-order valence-corrected chi connectivity index (χ1v) is 8.17. The van der Waals surface area contributed by atoms with Gasteiger partial charge in [0.2, 0.25) is 0 Å². The number of thioether (sulfide) groups is 1. The maximum atomic E-state index is 5.31. The van der Waals surface area contributed by atoms with Crippen LogP contribution in [0.1, 0.15) is 22.7 Å². The van der Waals surface area contributed by atoms with Gasteiger partial charge in [0.1, 0.15) is 5.75 Å². The Bertz CT molecular complexity index is 616. The Balaban J connectivity index is 1.87. The van der Waals surface area contributed by atoms with Crippen LogP contribution in [0.4, 0.5) is 0 Å². The Kier molecular flexibility index (Phi) is 4.22. The van der Waals surface area contributed by atoms with Crippen LogP contribution in [0.15, 0.2) is 47.4 Å². The summed E-state index contributed by atoms with van der Waals surface area (Å²) in [5, 5.41) is 4.05. The van der Waals surface area contributed by atoms with Gasteiger partial charge in [-0.3, -0.25) is 0 Å². The van der Waals surface area contributed by atoms with Crippen molar-refractivity contribution in [3.8, 4) is 5.75 Å². The van der Waals surface area contributed by atoms with Crippen molar-refractivity contribution < 1.29 is 4.74 Å². The molecule has 0 spiro atoms. The van der Waals surface area contributed by atoms with Gasteiger partial charge in [-0.05, 0) is 55.3 Å². The largest absolute Gasteiger partial charge is 0.497 e. The molecule has 2 atom stereocenters. The molecule has 0 aliphatic carbocycles. The summed E-state index contributed by atoms with van der Waals surface area (Å²) in [7, 11) is 3.77. The molecule has 0 bridgehead atoms. The molecule has 2 unspecified atom stereocenters. The Morgan fingerprint density at radius 1 is 1.24 bits per heavy atom. The summed E-state index contributed by atoms with van der Waals surface area (Å²) in [4.78, 5) is 1.42. The van der Waals surface area contributed by atoms with Crippen LogP contribution in [0.5, 0.6) is 5.75 Å². The summed E-state index contributed by atoms with van der Waals surface area (Å²) in [6, 6.07) is 15.5. The van der Waals surface area contributed by atoms with E-state index in [0.717, 1.165) is 12.2 Å². The molecule has 2 aromatic rings. The molecule has 3 heteroatoms. The third-order valence-electron chi connectivity index (χ3n) is 4.17. The molecule has 3 rings (SSSR count). The second kappa shape index (κ2) is 6.12. The van der Waals surface area contributed by atoms with Crippen LogP contribution in [0, 0.1) is 6.92 Å². The Morgan fingerprint density at radius 3 is 2.71 bits per heavy atom. The van der Waals surface area contributed by atoms with Crippen molar-refractivity contribution in [1.29, 1.82) is 0 Å². The molecule has 0 radical (unpaired) electrons. The molecule has 0 saturated carbocycles. The monoisotopic (exact) mass is 299 g/mol. The number of ether oxygens (including phenoxy) is 1. The molecule has 2 nitrogen and oxygen atoms in total. The molecule has 1 heterocycles. The molecule has 110 valence electrons. The van der Waals surface area contributed by atoms with Gasteiger partial charge < -0.3 is 10.1 Å². The summed E-state index contributed by atoms with van der Waals surface area (Å²) >= 11 is 1.99. The average molecular weight is 299 g/mol. The third kappa shape index (κ3) is 2.81. The number of aryl methyl sites for hydroxylation is 1. The molecule has 1 aliphatic heterocycles. The Hall–Kier alpha value is -1.45. The highest BCUT2D eigenvalue weighted by Crippen LogP contribution is 2.43. The van der Waals surface area contributed by atoms with E-state index >= 15 is 0 Å². The number of fused-ring (bicyclic) bond motifs is 1. The highest BCUT2D eigenvalue weighted by molar-refractivity contribution is 8.00. The number of hydrogen-bond donors (Lipinski definition) is 1. The van der Waals surface area contributed by atoms with E-state index in [4.69, 9.17) is 4.74 Å². The number of benzene rings is 2. The molecule has 2 aromatic carbocycles. The van der Waals surface area contributed by atoms with E-state index in [0.29, 0.717) is 11.3 Å². The minimum absolute atomic E-state index is 0.355. The lowest BCUT2D eigenvalue weighted by Crippen LogP contribution is -2.27. The van der Waals surface area contributed by atoms with Crippen LogP contribution < -0.4 is 10.1 Å². The lowest BCUT2D eigenvalue weighted by atomic mass is 9.95. The number of rotatable bonds is 4. The minimum atomic E-state index is 0.355. The molecule has 21 heavy (non-hydrogen) atoms. The summed E-state index contributed by atoms with van der Waals surface area (Å²) < 4.78 is 5.31. The van der Waals surface area contributed by atoms with Crippen LogP contribution in [0.3, 0.4) is 0 Å². The Morgan fingerprint density at radius 2 is 2.05 bits per heavy atom. The molecular weight excluding hydrogens is 278 g/mol. The summed E-state index contributed by atoms with van der Waals surface area (Å²) in [6.45, 7) is 2.16.